The highest BCUT2D eigenvalue weighted by molar-refractivity contribution is 5.92. The molecule has 3 aromatic carbocycles. The molecule has 3 amide bonds. The number of aryl methyl sites for hydroxylation is 1. The van der Waals surface area contributed by atoms with E-state index in [2.05, 4.69) is 41.7 Å². The predicted octanol–water partition coefficient (Wildman–Crippen LogP) is 3.63. The standard InChI is InChI=1S/C32H35N3O6/c33-29(37)17-15-26(32(34)41)20-28(36)27(16-19-31(39)40)35-30(38)18-8-21-6-9-23(10-7-21)25-13-11-24(12-14-25)22-4-2-1-3-5-22/h1-7,9-14,26-27H,8,15-20H2,(H2,33,37)(H2,34,41)(H,35,38)(H,39,40)/t26?,27-/m0/s1. The normalized spacial score (nSPS) is 12.2. The van der Waals surface area contributed by atoms with Gasteiger partial charge in [0.1, 0.15) is 0 Å². The molecule has 0 aromatic heterocycles. The first kappa shape index (κ1) is 30.7. The van der Waals surface area contributed by atoms with Crippen LogP contribution < -0.4 is 16.8 Å². The van der Waals surface area contributed by atoms with Gasteiger partial charge in [-0.15, -0.1) is 0 Å². The van der Waals surface area contributed by atoms with Gasteiger partial charge in [-0.1, -0.05) is 78.9 Å². The van der Waals surface area contributed by atoms with E-state index in [1.165, 1.54) is 0 Å². The lowest BCUT2D eigenvalue weighted by Gasteiger charge is -2.20. The van der Waals surface area contributed by atoms with Crippen molar-refractivity contribution < 1.29 is 29.1 Å². The van der Waals surface area contributed by atoms with Gasteiger partial charge in [-0.25, -0.2) is 0 Å². The van der Waals surface area contributed by atoms with Crippen molar-refractivity contribution in [3.63, 3.8) is 0 Å². The number of benzene rings is 3. The fraction of sp³-hybridized carbons (Fsp3) is 0.281. The largest absolute Gasteiger partial charge is 0.481 e. The average molecular weight is 558 g/mol. The summed E-state index contributed by atoms with van der Waals surface area (Å²) >= 11 is 0. The number of nitrogens with one attached hydrogen (secondary N) is 1. The second-order valence-corrected chi connectivity index (χ2v) is 9.97. The first-order chi connectivity index (χ1) is 19.6. The third kappa shape index (κ3) is 10.0. The molecule has 0 bridgehead atoms. The third-order valence-corrected chi connectivity index (χ3v) is 6.88. The zero-order valence-electron chi connectivity index (χ0n) is 22.8. The highest BCUT2D eigenvalue weighted by atomic mass is 16.4. The van der Waals surface area contributed by atoms with Crippen molar-refractivity contribution in [2.24, 2.45) is 17.4 Å². The molecule has 0 saturated heterocycles. The van der Waals surface area contributed by atoms with Gasteiger partial charge in [-0.3, -0.25) is 24.0 Å². The van der Waals surface area contributed by atoms with Crippen LogP contribution in [0.15, 0.2) is 78.9 Å². The highest BCUT2D eigenvalue weighted by Gasteiger charge is 2.27. The van der Waals surface area contributed by atoms with Crippen molar-refractivity contribution >= 4 is 29.5 Å². The van der Waals surface area contributed by atoms with E-state index in [0.717, 1.165) is 27.8 Å². The van der Waals surface area contributed by atoms with E-state index >= 15 is 0 Å². The molecule has 2 atom stereocenters. The number of hydrogen-bond donors (Lipinski definition) is 4. The Bertz CT molecular complexity index is 1350. The second kappa shape index (κ2) is 15.1. The molecule has 6 N–H and O–H groups in total. The zero-order chi connectivity index (χ0) is 29.8. The number of hydrogen-bond acceptors (Lipinski definition) is 5. The number of carbonyl (C=O) groups excluding carboxylic acids is 4. The molecule has 0 spiro atoms. The van der Waals surface area contributed by atoms with Crippen LogP contribution in [-0.4, -0.2) is 40.6 Å². The lowest BCUT2D eigenvalue weighted by atomic mass is 9.92. The summed E-state index contributed by atoms with van der Waals surface area (Å²) in [5.41, 5.74) is 15.8. The minimum absolute atomic E-state index is 0.00314. The molecule has 3 aromatic rings. The Morgan fingerprint density at radius 1 is 0.683 bits per heavy atom. The van der Waals surface area contributed by atoms with Gasteiger partial charge in [0, 0.05) is 31.6 Å². The summed E-state index contributed by atoms with van der Waals surface area (Å²) < 4.78 is 0. The van der Waals surface area contributed by atoms with Crippen LogP contribution in [0.4, 0.5) is 0 Å². The highest BCUT2D eigenvalue weighted by Crippen LogP contribution is 2.25. The number of ketones is 1. The van der Waals surface area contributed by atoms with Crippen LogP contribution >= 0.6 is 0 Å². The van der Waals surface area contributed by atoms with Gasteiger partial charge in [-0.2, -0.15) is 0 Å². The van der Waals surface area contributed by atoms with E-state index in [-0.39, 0.29) is 38.5 Å². The second-order valence-electron chi connectivity index (χ2n) is 9.97. The summed E-state index contributed by atoms with van der Waals surface area (Å²) in [4.78, 5) is 59.5. The molecule has 3 rings (SSSR count). The van der Waals surface area contributed by atoms with Crippen LogP contribution in [0.25, 0.3) is 22.3 Å². The maximum atomic E-state index is 12.9. The zero-order valence-corrected chi connectivity index (χ0v) is 22.8. The van der Waals surface area contributed by atoms with E-state index < -0.39 is 41.4 Å². The molecule has 41 heavy (non-hydrogen) atoms. The molecule has 0 aliphatic rings. The molecule has 214 valence electrons. The van der Waals surface area contributed by atoms with Crippen molar-refractivity contribution in [1.29, 1.82) is 0 Å². The van der Waals surface area contributed by atoms with Crippen LogP contribution in [0.1, 0.15) is 44.1 Å². The average Bonchev–Trinajstić information content (AvgIpc) is 2.96. The van der Waals surface area contributed by atoms with Crippen LogP contribution in [-0.2, 0) is 30.4 Å². The van der Waals surface area contributed by atoms with Gasteiger partial charge in [0.2, 0.25) is 17.7 Å². The van der Waals surface area contributed by atoms with Crippen molar-refractivity contribution in [1.82, 2.24) is 5.32 Å². The van der Waals surface area contributed by atoms with Gasteiger partial charge >= 0.3 is 5.97 Å². The van der Waals surface area contributed by atoms with Crippen LogP contribution in [0, 0.1) is 5.92 Å². The quantitative estimate of drug-likeness (QED) is 0.210. The SMILES string of the molecule is NC(=O)CCC(CC(=O)[C@H](CCC(=O)O)NC(=O)CCc1ccc(-c2ccc(-c3ccccc3)cc2)cc1)C(N)=O. The molecule has 9 heteroatoms. The maximum Gasteiger partial charge on any atom is 0.303 e. The van der Waals surface area contributed by atoms with Gasteiger partial charge in [0.25, 0.3) is 0 Å². The number of nitrogens with two attached hydrogens (primary N) is 2. The number of carbonyl (C=O) groups is 5. The Kier molecular flexibility index (Phi) is 11.3. The van der Waals surface area contributed by atoms with Crippen LogP contribution in [0.3, 0.4) is 0 Å². The van der Waals surface area contributed by atoms with Crippen molar-refractivity contribution in [2.75, 3.05) is 0 Å². The van der Waals surface area contributed by atoms with Crippen LogP contribution in [0.2, 0.25) is 0 Å². The molecular weight excluding hydrogens is 522 g/mol. The molecule has 1 unspecified atom stereocenters. The minimum atomic E-state index is -1.12. The number of primary amides is 2. The fourth-order valence-corrected chi connectivity index (χ4v) is 4.50. The molecule has 9 nitrogen and oxygen atoms in total. The Labute approximate surface area is 238 Å². The Morgan fingerprint density at radius 2 is 1.22 bits per heavy atom. The van der Waals surface area contributed by atoms with E-state index in [0.29, 0.717) is 6.42 Å². The number of rotatable bonds is 16. The van der Waals surface area contributed by atoms with Gasteiger partial charge in [-0.05, 0) is 47.1 Å². The van der Waals surface area contributed by atoms with Gasteiger partial charge in [0.15, 0.2) is 5.78 Å². The molecular formula is C32H35N3O6. The fourth-order valence-electron chi connectivity index (χ4n) is 4.50. The number of carboxylic acid groups (broad SMARTS) is 1. The molecule has 0 aliphatic heterocycles. The first-order valence-corrected chi connectivity index (χ1v) is 13.5. The van der Waals surface area contributed by atoms with E-state index in [4.69, 9.17) is 16.6 Å². The Morgan fingerprint density at radius 3 is 1.73 bits per heavy atom. The topological polar surface area (TPSA) is 170 Å². The van der Waals surface area contributed by atoms with Crippen LogP contribution in [0.5, 0.6) is 0 Å². The molecule has 0 fully saturated rings. The maximum absolute atomic E-state index is 12.9. The third-order valence-electron chi connectivity index (χ3n) is 6.88. The van der Waals surface area contributed by atoms with E-state index in [1.54, 1.807) is 0 Å². The number of Topliss-reactive ketones (excluding diaryl/α,β-unsaturated/α-hetero) is 1. The minimum Gasteiger partial charge on any atom is -0.481 e. The monoisotopic (exact) mass is 557 g/mol. The van der Waals surface area contributed by atoms with E-state index in [9.17, 15) is 24.0 Å². The molecule has 0 radical (unpaired) electrons. The first-order valence-electron chi connectivity index (χ1n) is 13.5. The summed E-state index contributed by atoms with van der Waals surface area (Å²) in [6.07, 6.45) is -0.398. The van der Waals surface area contributed by atoms with E-state index in [1.807, 2.05) is 42.5 Å². The predicted molar refractivity (Wildman–Crippen MR) is 155 cm³/mol. The lowest BCUT2D eigenvalue weighted by molar-refractivity contribution is -0.138. The smallest absolute Gasteiger partial charge is 0.303 e. The Hall–Kier alpha value is -4.79. The van der Waals surface area contributed by atoms with Gasteiger partial charge < -0.3 is 21.9 Å². The summed E-state index contributed by atoms with van der Waals surface area (Å²) in [6.45, 7) is 0. The van der Waals surface area contributed by atoms with Crippen molar-refractivity contribution in [2.45, 2.75) is 51.0 Å². The molecule has 0 heterocycles. The molecule has 0 aliphatic carbocycles. The lowest BCUT2D eigenvalue weighted by Crippen LogP contribution is -2.43. The summed E-state index contributed by atoms with van der Waals surface area (Å²) in [6, 6.07) is 25.2. The number of amides is 3. The number of carboxylic acids is 1. The summed E-state index contributed by atoms with van der Waals surface area (Å²) in [7, 11) is 0. The van der Waals surface area contributed by atoms with Crippen molar-refractivity contribution in [3.8, 4) is 22.3 Å². The summed E-state index contributed by atoms with van der Waals surface area (Å²) in [5.74, 6) is -4.39. The summed E-state index contributed by atoms with van der Waals surface area (Å²) in [5, 5.41) is 11.7. The Balaban J connectivity index is 1.57. The number of aliphatic carboxylic acids is 1. The van der Waals surface area contributed by atoms with Crippen molar-refractivity contribution in [3.05, 3.63) is 84.4 Å². The molecule has 0 saturated carbocycles. The van der Waals surface area contributed by atoms with Gasteiger partial charge in [0.05, 0.1) is 6.04 Å².